The van der Waals surface area contributed by atoms with E-state index >= 15 is 0 Å². The van der Waals surface area contributed by atoms with Crippen molar-refractivity contribution in [1.29, 1.82) is 0 Å². The lowest BCUT2D eigenvalue weighted by atomic mass is 10.1. The van der Waals surface area contributed by atoms with E-state index in [1.54, 1.807) is 14.2 Å². The number of methoxy groups -OCH3 is 2. The summed E-state index contributed by atoms with van der Waals surface area (Å²) in [6, 6.07) is 13.3. The summed E-state index contributed by atoms with van der Waals surface area (Å²) < 4.78 is 10.7. The van der Waals surface area contributed by atoms with Crippen molar-refractivity contribution >= 4 is 29.4 Å². The van der Waals surface area contributed by atoms with Gasteiger partial charge in [-0.05, 0) is 24.3 Å². The molecule has 0 fully saturated rings. The van der Waals surface area contributed by atoms with E-state index in [-0.39, 0.29) is 5.91 Å². The Morgan fingerprint density at radius 1 is 1.05 bits per heavy atom. The molecule has 4 nitrogen and oxygen atoms in total. The van der Waals surface area contributed by atoms with Crippen molar-refractivity contribution in [2.45, 2.75) is 4.90 Å². The van der Waals surface area contributed by atoms with Gasteiger partial charge in [-0.1, -0.05) is 36.0 Å². The molecule has 0 saturated heterocycles. The van der Waals surface area contributed by atoms with Gasteiger partial charge in [0.1, 0.15) is 0 Å². The average molecular weight is 313 g/mol. The number of para-hydroxylation sites is 2. The van der Waals surface area contributed by atoms with E-state index < -0.39 is 0 Å². The van der Waals surface area contributed by atoms with Crippen LogP contribution in [0.25, 0.3) is 6.08 Å². The third-order valence-electron chi connectivity index (χ3n) is 3.30. The van der Waals surface area contributed by atoms with E-state index in [2.05, 4.69) is 5.32 Å². The number of carbonyl (C=O) groups excluding carboxylic acids is 1. The van der Waals surface area contributed by atoms with Crippen LogP contribution in [0.5, 0.6) is 11.5 Å². The van der Waals surface area contributed by atoms with E-state index in [9.17, 15) is 4.79 Å². The van der Waals surface area contributed by atoms with Gasteiger partial charge in [0.2, 0.25) is 0 Å². The highest BCUT2D eigenvalue weighted by Gasteiger charge is 2.21. The molecular formula is C17H15NO3S. The molecule has 5 heteroatoms. The van der Waals surface area contributed by atoms with Crippen molar-refractivity contribution in [2.75, 3.05) is 19.5 Å². The Kier molecular flexibility index (Phi) is 4.06. The molecular weight excluding hydrogens is 298 g/mol. The van der Waals surface area contributed by atoms with Gasteiger partial charge in [0.05, 0.1) is 24.8 Å². The number of anilines is 1. The monoisotopic (exact) mass is 313 g/mol. The minimum Gasteiger partial charge on any atom is -0.493 e. The molecule has 1 aliphatic rings. The van der Waals surface area contributed by atoms with Crippen LogP contribution in [-0.2, 0) is 4.79 Å². The molecule has 1 amide bonds. The molecule has 0 radical (unpaired) electrons. The van der Waals surface area contributed by atoms with Crippen LogP contribution in [0, 0.1) is 0 Å². The zero-order chi connectivity index (χ0) is 15.5. The summed E-state index contributed by atoms with van der Waals surface area (Å²) in [5.41, 5.74) is 1.64. The summed E-state index contributed by atoms with van der Waals surface area (Å²) in [4.78, 5) is 13.9. The van der Waals surface area contributed by atoms with Gasteiger partial charge in [0.25, 0.3) is 5.91 Å². The van der Waals surface area contributed by atoms with E-state index in [1.165, 1.54) is 11.8 Å². The van der Waals surface area contributed by atoms with Gasteiger partial charge in [0.15, 0.2) is 11.5 Å². The predicted octanol–water partition coefficient (Wildman–Crippen LogP) is 3.79. The first-order valence-electron chi connectivity index (χ1n) is 6.74. The normalized spacial score (nSPS) is 15.2. The van der Waals surface area contributed by atoms with Crippen molar-refractivity contribution in [3.63, 3.8) is 0 Å². The number of hydrogen-bond acceptors (Lipinski definition) is 4. The number of rotatable bonds is 3. The van der Waals surface area contributed by atoms with Crippen LogP contribution in [0.1, 0.15) is 5.56 Å². The number of nitrogens with one attached hydrogen (secondary N) is 1. The van der Waals surface area contributed by atoms with Crippen molar-refractivity contribution in [3.8, 4) is 11.5 Å². The van der Waals surface area contributed by atoms with Crippen LogP contribution in [0.2, 0.25) is 0 Å². The number of amides is 1. The van der Waals surface area contributed by atoms with Crippen LogP contribution in [0.4, 0.5) is 5.69 Å². The highest BCUT2D eigenvalue weighted by atomic mass is 32.2. The second-order valence-corrected chi connectivity index (χ2v) is 5.73. The van der Waals surface area contributed by atoms with Crippen LogP contribution in [0.3, 0.4) is 0 Å². The fourth-order valence-corrected chi connectivity index (χ4v) is 3.21. The molecule has 1 heterocycles. The number of benzene rings is 2. The summed E-state index contributed by atoms with van der Waals surface area (Å²) in [5, 5.41) is 2.90. The maximum absolute atomic E-state index is 12.2. The smallest absolute Gasteiger partial charge is 0.262 e. The SMILES string of the molecule is COc1cccc(C=C2Sc3ccccc3NC2=O)c1OC. The molecule has 0 aliphatic carbocycles. The molecule has 0 unspecified atom stereocenters. The summed E-state index contributed by atoms with van der Waals surface area (Å²) in [5.74, 6) is 1.14. The van der Waals surface area contributed by atoms with Crippen LogP contribution in [-0.4, -0.2) is 20.1 Å². The minimum atomic E-state index is -0.117. The third kappa shape index (κ3) is 2.67. The number of carbonyl (C=O) groups is 1. The van der Waals surface area contributed by atoms with Gasteiger partial charge in [-0.2, -0.15) is 0 Å². The first-order chi connectivity index (χ1) is 10.7. The highest BCUT2D eigenvalue weighted by Crippen LogP contribution is 2.40. The standard InChI is InChI=1S/C17H15NO3S/c1-20-13-8-5-6-11(16(13)21-2)10-15-17(19)18-12-7-3-4-9-14(12)22-15/h3-10H,1-2H3,(H,18,19). The fraction of sp³-hybridized carbons (Fsp3) is 0.118. The lowest BCUT2D eigenvalue weighted by Gasteiger charge is -2.18. The second kappa shape index (κ2) is 6.15. The summed E-state index contributed by atoms with van der Waals surface area (Å²) in [6.07, 6.45) is 1.82. The fourth-order valence-electron chi connectivity index (χ4n) is 2.27. The molecule has 2 aromatic rings. The lowest BCUT2D eigenvalue weighted by Crippen LogP contribution is -2.17. The molecule has 0 saturated carbocycles. The molecule has 0 spiro atoms. The zero-order valence-electron chi connectivity index (χ0n) is 12.3. The molecule has 0 aromatic heterocycles. The van der Waals surface area contributed by atoms with Gasteiger partial charge in [0, 0.05) is 10.5 Å². The van der Waals surface area contributed by atoms with E-state index in [1.807, 2.05) is 48.5 Å². The highest BCUT2D eigenvalue weighted by molar-refractivity contribution is 8.04. The zero-order valence-corrected chi connectivity index (χ0v) is 13.1. The predicted molar refractivity (Wildman–Crippen MR) is 88.5 cm³/mol. The van der Waals surface area contributed by atoms with Crippen molar-refractivity contribution < 1.29 is 14.3 Å². The number of hydrogen-bond donors (Lipinski definition) is 1. The Labute approximate surface area is 133 Å². The first kappa shape index (κ1) is 14.5. The number of fused-ring (bicyclic) bond motifs is 1. The Morgan fingerprint density at radius 2 is 1.86 bits per heavy atom. The number of thioether (sulfide) groups is 1. The molecule has 1 aliphatic heterocycles. The largest absolute Gasteiger partial charge is 0.493 e. The Balaban J connectivity index is 2.01. The molecule has 3 rings (SSSR count). The summed E-state index contributed by atoms with van der Waals surface area (Å²) in [7, 11) is 3.18. The molecule has 2 aromatic carbocycles. The van der Waals surface area contributed by atoms with Crippen LogP contribution < -0.4 is 14.8 Å². The van der Waals surface area contributed by atoms with E-state index in [4.69, 9.17) is 9.47 Å². The summed E-state index contributed by atoms with van der Waals surface area (Å²) in [6.45, 7) is 0. The second-order valence-electron chi connectivity index (χ2n) is 4.64. The average Bonchev–Trinajstić information content (AvgIpc) is 2.55. The molecule has 1 N–H and O–H groups in total. The van der Waals surface area contributed by atoms with Crippen LogP contribution >= 0.6 is 11.8 Å². The Hall–Kier alpha value is -2.40. The molecule has 0 bridgehead atoms. The quantitative estimate of drug-likeness (QED) is 0.876. The Morgan fingerprint density at radius 3 is 2.64 bits per heavy atom. The number of ether oxygens (including phenoxy) is 2. The maximum atomic E-state index is 12.2. The lowest BCUT2D eigenvalue weighted by molar-refractivity contribution is -0.112. The molecule has 112 valence electrons. The maximum Gasteiger partial charge on any atom is 0.262 e. The van der Waals surface area contributed by atoms with E-state index in [0.29, 0.717) is 16.4 Å². The van der Waals surface area contributed by atoms with Crippen molar-refractivity contribution in [3.05, 3.63) is 52.9 Å². The minimum absolute atomic E-state index is 0.117. The van der Waals surface area contributed by atoms with Crippen LogP contribution in [0.15, 0.2) is 52.3 Å². The van der Waals surface area contributed by atoms with Gasteiger partial charge >= 0.3 is 0 Å². The van der Waals surface area contributed by atoms with Gasteiger partial charge in [-0.3, -0.25) is 4.79 Å². The topological polar surface area (TPSA) is 47.6 Å². The molecule has 22 heavy (non-hydrogen) atoms. The van der Waals surface area contributed by atoms with Crippen molar-refractivity contribution in [1.82, 2.24) is 0 Å². The van der Waals surface area contributed by atoms with Crippen molar-refractivity contribution in [2.24, 2.45) is 0 Å². The first-order valence-corrected chi connectivity index (χ1v) is 7.55. The third-order valence-corrected chi connectivity index (χ3v) is 4.40. The van der Waals surface area contributed by atoms with Gasteiger partial charge < -0.3 is 14.8 Å². The summed E-state index contributed by atoms with van der Waals surface area (Å²) >= 11 is 1.45. The van der Waals surface area contributed by atoms with Gasteiger partial charge in [-0.25, -0.2) is 0 Å². The molecule has 0 atom stereocenters. The van der Waals surface area contributed by atoms with Gasteiger partial charge in [-0.15, -0.1) is 0 Å². The van der Waals surface area contributed by atoms with E-state index in [0.717, 1.165) is 16.1 Å². The Bertz CT molecular complexity index is 755.